The third-order valence-electron chi connectivity index (χ3n) is 8.99. The third kappa shape index (κ3) is 12.5. The third-order valence-corrected chi connectivity index (χ3v) is 8.99. The van der Waals surface area contributed by atoms with Crippen LogP contribution in [0.25, 0.3) is 11.1 Å². The number of imidazole rings is 1. The molecule has 15 heteroatoms. The van der Waals surface area contributed by atoms with Crippen molar-refractivity contribution in [1.82, 2.24) is 25.9 Å². The average Bonchev–Trinajstić information content (AvgIpc) is 3.77. The van der Waals surface area contributed by atoms with Crippen molar-refractivity contribution in [3.05, 3.63) is 65.7 Å². The molecule has 0 saturated heterocycles. The number of fused-ring (bicyclic) bond motifs is 3. The summed E-state index contributed by atoms with van der Waals surface area (Å²) in [5, 5.41) is 14.0. The van der Waals surface area contributed by atoms with Gasteiger partial charge in [0.15, 0.2) is 0 Å². The number of aromatic nitrogens is 2. The van der Waals surface area contributed by atoms with Crippen LogP contribution in [-0.4, -0.2) is 85.9 Å². The first-order valence-electron chi connectivity index (χ1n) is 18.4. The Balaban J connectivity index is 1.47. The summed E-state index contributed by atoms with van der Waals surface area (Å²) in [6.45, 7) is 3.34. The molecule has 5 amide bonds. The molecule has 0 bridgehead atoms. The summed E-state index contributed by atoms with van der Waals surface area (Å²) in [7, 11) is 3.07. The molecule has 1 aromatic heterocycles. The van der Waals surface area contributed by atoms with E-state index in [1.807, 2.05) is 31.2 Å². The van der Waals surface area contributed by atoms with Gasteiger partial charge in [-0.05, 0) is 65.8 Å². The second-order valence-electron chi connectivity index (χ2n) is 13.1. The number of carbonyl (C=O) groups excluding carboxylic acids is 6. The summed E-state index contributed by atoms with van der Waals surface area (Å²) < 4.78 is 10.8. The summed E-state index contributed by atoms with van der Waals surface area (Å²) in [5.74, 6) is -2.69. The van der Waals surface area contributed by atoms with Gasteiger partial charge in [-0.1, -0.05) is 19.1 Å². The van der Waals surface area contributed by atoms with Crippen LogP contribution in [0.1, 0.15) is 81.0 Å². The number of nitrogens with one attached hydrogen (secondary N) is 6. The first kappa shape index (κ1) is 41.2. The fraction of sp³-hybridized carbons (Fsp3) is 0.462. The van der Waals surface area contributed by atoms with E-state index in [1.54, 1.807) is 25.4 Å². The molecule has 2 aromatic carbocycles. The van der Waals surface area contributed by atoms with E-state index in [-0.39, 0.29) is 74.7 Å². The zero-order chi connectivity index (χ0) is 38.9. The number of aromatic amines is 1. The Hall–Kier alpha value is -5.57. The number of hydrogen-bond acceptors (Lipinski definition) is 9. The molecule has 1 aliphatic carbocycles. The monoisotopic (exact) mass is 745 g/mol. The number of carbonyl (C=O) groups is 6. The topological polar surface area (TPSA) is 210 Å². The van der Waals surface area contributed by atoms with Gasteiger partial charge >= 0.3 is 5.97 Å². The molecule has 2 atom stereocenters. The predicted octanol–water partition coefficient (Wildman–Crippen LogP) is 3.57. The van der Waals surface area contributed by atoms with E-state index in [0.717, 1.165) is 28.7 Å². The minimum absolute atomic E-state index is 0.0524. The Labute approximate surface area is 315 Å². The van der Waals surface area contributed by atoms with E-state index in [9.17, 15) is 28.8 Å². The molecule has 3 aromatic rings. The van der Waals surface area contributed by atoms with Crippen molar-refractivity contribution < 1.29 is 38.2 Å². The molecule has 54 heavy (non-hydrogen) atoms. The minimum Gasteiger partial charge on any atom is -0.465 e. The van der Waals surface area contributed by atoms with Crippen LogP contribution in [0.15, 0.2) is 48.9 Å². The molecule has 0 aliphatic heterocycles. The maximum absolute atomic E-state index is 13.2. The van der Waals surface area contributed by atoms with Crippen LogP contribution in [0.3, 0.4) is 0 Å². The lowest BCUT2D eigenvalue weighted by Crippen LogP contribution is -2.31. The van der Waals surface area contributed by atoms with Crippen LogP contribution in [0.4, 0.5) is 11.4 Å². The number of hydrogen-bond donors (Lipinski definition) is 6. The lowest BCUT2D eigenvalue weighted by atomic mass is 9.96. The predicted molar refractivity (Wildman–Crippen MR) is 202 cm³/mol. The highest BCUT2D eigenvalue weighted by atomic mass is 16.5. The van der Waals surface area contributed by atoms with Crippen molar-refractivity contribution >= 4 is 46.9 Å². The Morgan fingerprint density at radius 3 is 1.91 bits per heavy atom. The zero-order valence-corrected chi connectivity index (χ0v) is 31.2. The van der Waals surface area contributed by atoms with Crippen molar-refractivity contribution in [2.24, 2.45) is 5.92 Å². The molecule has 1 unspecified atom stereocenters. The van der Waals surface area contributed by atoms with Gasteiger partial charge in [0.25, 0.3) is 0 Å². The summed E-state index contributed by atoms with van der Waals surface area (Å²) >= 11 is 0. The number of amides is 5. The molecule has 0 fully saturated rings. The molecule has 1 heterocycles. The number of ether oxygens (including phenoxy) is 2. The zero-order valence-electron chi connectivity index (χ0n) is 31.2. The number of H-pyrrole nitrogens is 1. The molecule has 0 radical (unpaired) electrons. The van der Waals surface area contributed by atoms with Gasteiger partial charge in [0.2, 0.25) is 29.5 Å². The van der Waals surface area contributed by atoms with Crippen LogP contribution in [0.5, 0.6) is 0 Å². The summed E-state index contributed by atoms with van der Waals surface area (Å²) in [5.41, 5.74) is 5.21. The molecule has 6 N–H and O–H groups in total. The number of rotatable bonds is 22. The normalized spacial score (nSPS) is 13.2. The van der Waals surface area contributed by atoms with Gasteiger partial charge in [0, 0.05) is 88.5 Å². The van der Waals surface area contributed by atoms with Gasteiger partial charge < -0.3 is 41.0 Å². The molecular weight excluding hydrogens is 694 g/mol. The van der Waals surface area contributed by atoms with Crippen LogP contribution in [0.2, 0.25) is 0 Å². The van der Waals surface area contributed by atoms with Crippen molar-refractivity contribution in [3.63, 3.8) is 0 Å². The molecule has 1 aliphatic rings. The molecule has 290 valence electrons. The number of nitrogens with zero attached hydrogens (tertiary/aromatic N) is 1. The Morgan fingerprint density at radius 2 is 1.39 bits per heavy atom. The Kier molecular flexibility index (Phi) is 16.2. The minimum atomic E-state index is -0.677. The number of esters is 1. The molecule has 15 nitrogen and oxygen atoms in total. The van der Waals surface area contributed by atoms with Gasteiger partial charge in [-0.2, -0.15) is 0 Å². The first-order valence-corrected chi connectivity index (χ1v) is 18.4. The fourth-order valence-corrected chi connectivity index (χ4v) is 6.25. The number of benzene rings is 2. The van der Waals surface area contributed by atoms with E-state index in [2.05, 4.69) is 36.6 Å². The molecule has 0 spiro atoms. The average molecular weight is 746 g/mol. The van der Waals surface area contributed by atoms with E-state index in [1.165, 1.54) is 13.4 Å². The highest BCUT2D eigenvalue weighted by molar-refractivity contribution is 5.94. The number of anilines is 2. The van der Waals surface area contributed by atoms with Crippen LogP contribution in [0, 0.1) is 5.92 Å². The van der Waals surface area contributed by atoms with Crippen LogP contribution < -0.4 is 26.6 Å². The maximum atomic E-state index is 13.2. The highest BCUT2D eigenvalue weighted by Gasteiger charge is 2.32. The highest BCUT2D eigenvalue weighted by Crippen LogP contribution is 2.47. The van der Waals surface area contributed by atoms with Gasteiger partial charge in [0.05, 0.1) is 25.3 Å². The molecule has 4 rings (SSSR count). The van der Waals surface area contributed by atoms with Gasteiger partial charge in [0.1, 0.15) is 6.61 Å². The second-order valence-corrected chi connectivity index (χ2v) is 13.1. The van der Waals surface area contributed by atoms with E-state index in [0.29, 0.717) is 49.6 Å². The Morgan fingerprint density at radius 1 is 0.815 bits per heavy atom. The van der Waals surface area contributed by atoms with Crippen molar-refractivity contribution in [2.75, 3.05) is 51.1 Å². The lowest BCUT2D eigenvalue weighted by molar-refractivity contribution is -0.147. The smallest absolute Gasteiger partial charge is 0.306 e. The lowest BCUT2D eigenvalue weighted by Gasteiger charge is -2.18. The first-order chi connectivity index (χ1) is 26.1. The van der Waals surface area contributed by atoms with Gasteiger partial charge in [-0.3, -0.25) is 28.8 Å². The summed E-state index contributed by atoms with van der Waals surface area (Å²) in [4.78, 5) is 82.4. The van der Waals surface area contributed by atoms with Gasteiger partial charge in [-0.25, -0.2) is 4.98 Å². The van der Waals surface area contributed by atoms with Gasteiger partial charge in [-0.15, -0.1) is 0 Å². The second kappa shape index (κ2) is 21.2. The summed E-state index contributed by atoms with van der Waals surface area (Å²) in [6.07, 6.45) is 5.63. The van der Waals surface area contributed by atoms with E-state index in [4.69, 9.17) is 9.47 Å². The maximum Gasteiger partial charge on any atom is 0.306 e. The molecule has 0 saturated carbocycles. The Bertz CT molecular complexity index is 1760. The van der Waals surface area contributed by atoms with Crippen molar-refractivity contribution in [1.29, 1.82) is 0 Å². The number of methoxy groups -OCH3 is 1. The SMILES string of the molecule is CCCNC(=O)CCCC(=O)Nc1ccc2c(c1)C(COC(=O)C[C@@H](Cc1cnc[nH]1)C(=O)NC)c1cc(NC(=O)CCCC(=O)NCCOC)ccc1-2. The van der Waals surface area contributed by atoms with Crippen LogP contribution >= 0.6 is 0 Å². The quantitative estimate of drug-likeness (QED) is 0.0655. The van der Waals surface area contributed by atoms with E-state index < -0.39 is 17.8 Å². The summed E-state index contributed by atoms with van der Waals surface area (Å²) in [6, 6.07) is 11.1. The standard InChI is InChI=1S/C39H51N7O8/c1-4-15-42-34(47)7-5-9-36(49)45-26-11-13-29-30-14-12-27(46-37(50)10-6-8-35(48)43-16-17-53-3)21-32(30)33(31(29)20-26)23-54-38(51)19-25(39(52)40-2)18-28-22-41-24-44-28/h11-14,20-22,24-25,33H,4-10,15-19,23H2,1-3H3,(H,40,52)(H,41,44)(H,42,47)(H,43,48)(H,45,49)(H,46,50)/t25-,33?/m1/s1. The fourth-order valence-electron chi connectivity index (χ4n) is 6.25. The van der Waals surface area contributed by atoms with Crippen molar-refractivity contribution in [2.45, 2.75) is 70.6 Å². The van der Waals surface area contributed by atoms with Crippen LogP contribution in [-0.2, 0) is 44.7 Å². The van der Waals surface area contributed by atoms with Crippen molar-refractivity contribution in [3.8, 4) is 11.1 Å². The van der Waals surface area contributed by atoms with E-state index >= 15 is 0 Å². The molecular formula is C39H51N7O8. The largest absolute Gasteiger partial charge is 0.465 e.